The SMILES string of the molecule is CC(=O)C[C@H]1C(=O)[C@]2(C)[C@@H](O)C[C@H]3OC[C@@]3(OC(C)=O)[C@@H]2[C@H](OC(=O)c2ccccc2)[C@]2(O)C[C@@H](OC(=O)[C@H](O)[C@@H](NC(=O)OC(C)(C)C)c3ccccc3)C(C)=C1C2(C)C. The van der Waals surface area contributed by atoms with Crippen molar-refractivity contribution in [3.8, 4) is 0 Å². The molecule has 0 radical (unpaired) electrons. The van der Waals surface area contributed by atoms with Gasteiger partial charge in [0, 0.05) is 37.5 Å². The molecular weight excluding hydrogens is 790 g/mol. The van der Waals surface area contributed by atoms with Gasteiger partial charge in [-0.05, 0) is 70.4 Å². The van der Waals surface area contributed by atoms with E-state index in [4.69, 9.17) is 23.7 Å². The summed E-state index contributed by atoms with van der Waals surface area (Å²) in [6, 6.07) is 14.7. The van der Waals surface area contributed by atoms with E-state index in [0.717, 1.165) is 0 Å². The van der Waals surface area contributed by atoms with Gasteiger partial charge in [-0.3, -0.25) is 14.4 Å². The Morgan fingerprint density at radius 3 is 2.10 bits per heavy atom. The van der Waals surface area contributed by atoms with Gasteiger partial charge in [-0.2, -0.15) is 0 Å². The van der Waals surface area contributed by atoms with Crippen LogP contribution in [0, 0.1) is 22.7 Å². The number of esters is 3. The number of ketones is 2. The number of aliphatic hydroxyl groups excluding tert-OH is 2. The standard InChI is InChI=1S/C46H57NO14/c1-24(48)20-29-33-25(2)30(58-40(54)35(51)34(27-16-12-10-13-17-27)47-41(55)61-42(4,5)6)22-46(56,43(33,7)8)38(59-39(53)28-18-14-11-15-19-28)36-44(9,37(29)52)31(50)21-32-45(36,23-57-32)60-26(3)49/h10-19,29-32,34-36,38,50-51,56H,20-23H2,1-9H3,(H,47,55)/t29-,30-,31+,32-,34+,35-,36-,38+,44-,45+,46-/m1/s1. The lowest BCUT2D eigenvalue weighted by atomic mass is 9.43. The van der Waals surface area contributed by atoms with E-state index in [0.29, 0.717) is 5.56 Å². The molecule has 6 rings (SSSR count). The lowest BCUT2D eigenvalue weighted by molar-refractivity contribution is -0.345. The van der Waals surface area contributed by atoms with Gasteiger partial charge < -0.3 is 44.3 Å². The summed E-state index contributed by atoms with van der Waals surface area (Å²) in [5.41, 5.74) is -7.51. The van der Waals surface area contributed by atoms with Gasteiger partial charge in [0.1, 0.15) is 41.1 Å². The number of alkyl carbamates (subject to hydrolysis) is 1. The molecule has 3 aliphatic carbocycles. The third-order valence-electron chi connectivity index (χ3n) is 13.2. The molecule has 15 nitrogen and oxygen atoms in total. The van der Waals surface area contributed by atoms with E-state index in [1.807, 2.05) is 0 Å². The quantitative estimate of drug-likeness (QED) is 0.147. The van der Waals surface area contributed by atoms with Crippen LogP contribution >= 0.6 is 0 Å². The van der Waals surface area contributed by atoms with Crippen LogP contribution in [0.4, 0.5) is 4.79 Å². The summed E-state index contributed by atoms with van der Waals surface area (Å²) in [6.07, 6.45) is -9.68. The van der Waals surface area contributed by atoms with Gasteiger partial charge >= 0.3 is 24.0 Å². The van der Waals surface area contributed by atoms with Crippen LogP contribution in [-0.2, 0) is 42.9 Å². The number of carbonyl (C=O) groups is 6. The minimum Gasteiger partial charge on any atom is -0.456 e. The molecular formula is C46H57NO14. The Morgan fingerprint density at radius 2 is 1.56 bits per heavy atom. The van der Waals surface area contributed by atoms with Gasteiger partial charge in [0.05, 0.1) is 35.6 Å². The van der Waals surface area contributed by atoms with E-state index < -0.39 is 118 Å². The molecule has 1 amide bonds. The van der Waals surface area contributed by atoms with E-state index in [1.54, 1.807) is 90.1 Å². The molecule has 4 N–H and O–H groups in total. The van der Waals surface area contributed by atoms with Gasteiger partial charge in [0.2, 0.25) is 0 Å². The van der Waals surface area contributed by atoms with E-state index in [9.17, 15) is 39.3 Å². The zero-order valence-corrected chi connectivity index (χ0v) is 36.1. The molecule has 15 heteroatoms. The highest BCUT2D eigenvalue weighted by Gasteiger charge is 2.78. The molecule has 2 saturated carbocycles. The maximum Gasteiger partial charge on any atom is 0.408 e. The molecule has 2 aromatic rings. The van der Waals surface area contributed by atoms with Gasteiger partial charge in [-0.15, -0.1) is 0 Å². The van der Waals surface area contributed by atoms with Crippen molar-refractivity contribution in [1.29, 1.82) is 0 Å². The predicted octanol–water partition coefficient (Wildman–Crippen LogP) is 4.49. The van der Waals surface area contributed by atoms with Crippen LogP contribution in [0.25, 0.3) is 0 Å². The van der Waals surface area contributed by atoms with Crippen LogP contribution in [0.2, 0.25) is 0 Å². The van der Waals surface area contributed by atoms with Crippen LogP contribution in [0.1, 0.15) is 104 Å². The van der Waals surface area contributed by atoms with Crippen molar-refractivity contribution >= 4 is 35.6 Å². The van der Waals surface area contributed by atoms with E-state index >= 15 is 4.79 Å². The number of ether oxygens (including phenoxy) is 5. The van der Waals surface area contributed by atoms with Gasteiger partial charge in [0.25, 0.3) is 0 Å². The Morgan fingerprint density at radius 1 is 0.951 bits per heavy atom. The maximum absolute atomic E-state index is 15.6. The molecule has 1 saturated heterocycles. The zero-order valence-electron chi connectivity index (χ0n) is 36.1. The Kier molecular flexibility index (Phi) is 12.2. The Bertz CT molecular complexity index is 2090. The number of Topliss-reactive ketones (excluding diaryl/α,β-unsaturated/α-hetero) is 2. The maximum atomic E-state index is 15.6. The van der Waals surface area contributed by atoms with Crippen LogP contribution in [0.3, 0.4) is 0 Å². The first-order valence-electron chi connectivity index (χ1n) is 20.5. The average molecular weight is 848 g/mol. The number of benzene rings is 2. The third-order valence-corrected chi connectivity index (χ3v) is 13.2. The molecule has 1 heterocycles. The van der Waals surface area contributed by atoms with E-state index in [1.165, 1.54) is 32.9 Å². The van der Waals surface area contributed by atoms with Crippen LogP contribution in [0.5, 0.6) is 0 Å². The van der Waals surface area contributed by atoms with Crippen molar-refractivity contribution in [1.82, 2.24) is 5.32 Å². The molecule has 0 aromatic heterocycles. The number of rotatable bonds is 10. The average Bonchev–Trinajstić information content (AvgIpc) is 3.17. The highest BCUT2D eigenvalue weighted by molar-refractivity contribution is 5.95. The van der Waals surface area contributed by atoms with Gasteiger partial charge in [-0.1, -0.05) is 62.4 Å². The Labute approximate surface area is 355 Å². The smallest absolute Gasteiger partial charge is 0.408 e. The molecule has 0 unspecified atom stereocenters. The van der Waals surface area contributed by atoms with Crippen molar-refractivity contribution in [2.75, 3.05) is 6.61 Å². The minimum atomic E-state index is -2.32. The van der Waals surface area contributed by atoms with Gasteiger partial charge in [-0.25, -0.2) is 14.4 Å². The summed E-state index contributed by atoms with van der Waals surface area (Å²) in [5.74, 6) is -6.72. The number of fused-ring (bicyclic) bond motifs is 5. The van der Waals surface area contributed by atoms with Crippen molar-refractivity contribution in [2.24, 2.45) is 22.7 Å². The Balaban J connectivity index is 1.54. The summed E-state index contributed by atoms with van der Waals surface area (Å²) in [7, 11) is 0. The lowest BCUT2D eigenvalue weighted by Crippen LogP contribution is -2.81. The fourth-order valence-corrected chi connectivity index (χ4v) is 10.3. The topological polar surface area (TPSA) is 221 Å². The molecule has 61 heavy (non-hydrogen) atoms. The van der Waals surface area contributed by atoms with Crippen LogP contribution in [-0.4, -0.2) is 105 Å². The second kappa shape index (κ2) is 16.4. The van der Waals surface area contributed by atoms with Crippen molar-refractivity contribution < 1.29 is 67.8 Å². The second-order valence-corrected chi connectivity index (χ2v) is 18.6. The molecule has 4 aliphatic rings. The summed E-state index contributed by atoms with van der Waals surface area (Å²) < 4.78 is 29.9. The van der Waals surface area contributed by atoms with Crippen LogP contribution < -0.4 is 5.32 Å². The molecule has 2 bridgehead atoms. The summed E-state index contributed by atoms with van der Waals surface area (Å²) in [6.45, 7) is 13.5. The highest BCUT2D eigenvalue weighted by atomic mass is 16.6. The fraction of sp³-hybridized carbons (Fsp3) is 0.565. The minimum absolute atomic E-state index is 0.0889. The first-order chi connectivity index (χ1) is 28.4. The highest BCUT2D eigenvalue weighted by Crippen LogP contribution is 2.65. The van der Waals surface area contributed by atoms with Crippen molar-refractivity contribution in [3.05, 3.63) is 82.9 Å². The summed E-state index contributed by atoms with van der Waals surface area (Å²) in [5, 5.41) is 40.0. The molecule has 0 spiro atoms. The zero-order chi connectivity index (χ0) is 45.0. The second-order valence-electron chi connectivity index (χ2n) is 18.6. The van der Waals surface area contributed by atoms with Gasteiger partial charge in [0.15, 0.2) is 11.7 Å². The number of amides is 1. The molecule has 3 fully saturated rings. The number of carbonyl (C=O) groups excluding carboxylic acids is 6. The Hall–Kier alpha value is -4.96. The first kappa shape index (κ1) is 45.6. The summed E-state index contributed by atoms with van der Waals surface area (Å²) in [4.78, 5) is 83.3. The number of hydrogen-bond donors (Lipinski definition) is 4. The van der Waals surface area contributed by atoms with E-state index in [2.05, 4.69) is 5.32 Å². The normalized spacial score (nSPS) is 32.6. The predicted molar refractivity (Wildman–Crippen MR) is 216 cm³/mol. The van der Waals surface area contributed by atoms with Crippen molar-refractivity contribution in [3.63, 3.8) is 0 Å². The largest absolute Gasteiger partial charge is 0.456 e. The van der Waals surface area contributed by atoms with Crippen LogP contribution in [0.15, 0.2) is 71.8 Å². The number of aliphatic hydroxyl groups is 3. The van der Waals surface area contributed by atoms with Crippen molar-refractivity contribution in [2.45, 2.75) is 135 Å². The molecule has 2 aromatic carbocycles. The first-order valence-corrected chi connectivity index (χ1v) is 20.5. The molecule has 11 atom stereocenters. The number of nitrogens with one attached hydrogen (secondary N) is 1. The fourth-order valence-electron chi connectivity index (χ4n) is 10.3. The summed E-state index contributed by atoms with van der Waals surface area (Å²) >= 11 is 0. The third kappa shape index (κ3) is 8.01. The monoisotopic (exact) mass is 847 g/mol. The number of hydrogen-bond acceptors (Lipinski definition) is 14. The molecule has 330 valence electrons. The van der Waals surface area contributed by atoms with E-state index in [-0.39, 0.29) is 36.2 Å². The molecule has 1 aliphatic heterocycles. The lowest BCUT2D eigenvalue weighted by Gasteiger charge is -2.67.